The van der Waals surface area contributed by atoms with Crippen LogP contribution in [0.5, 0.6) is 0 Å². The van der Waals surface area contributed by atoms with Crippen LogP contribution in [0.25, 0.3) is 0 Å². The Morgan fingerprint density at radius 1 is 1.48 bits per heavy atom. The van der Waals surface area contributed by atoms with Crippen LogP contribution in [-0.2, 0) is 16.1 Å². The molecule has 1 spiro atoms. The zero-order valence-corrected chi connectivity index (χ0v) is 13.5. The minimum absolute atomic E-state index is 0.00346. The molecule has 128 valence electrons. The number of likely N-dealkylation sites (tertiary alicyclic amines) is 1. The maximum atomic E-state index is 12.4. The third kappa shape index (κ3) is 3.00. The molecule has 1 aliphatic carbocycles. The molecule has 1 aromatic rings. The zero-order chi connectivity index (χ0) is 16.4. The molecule has 1 aromatic heterocycles. The molecule has 2 atom stereocenters. The number of piperidine rings is 1. The van der Waals surface area contributed by atoms with Gasteiger partial charge in [-0.05, 0) is 25.8 Å². The highest BCUT2D eigenvalue weighted by Crippen LogP contribution is 2.50. The summed E-state index contributed by atoms with van der Waals surface area (Å²) < 4.78 is 7.37. The minimum Gasteiger partial charge on any atom is -0.394 e. The van der Waals surface area contributed by atoms with E-state index in [1.165, 1.54) is 0 Å². The molecule has 3 rings (SSSR count). The molecule has 0 radical (unpaired) electrons. The fourth-order valence-corrected chi connectivity index (χ4v) is 3.78. The number of ether oxygens (including phenoxy) is 1. The lowest BCUT2D eigenvalue weighted by molar-refractivity contribution is -0.213. The average Bonchev–Trinajstić information content (AvgIpc) is 2.96. The number of carbonyl (C=O) groups excluding carboxylic acids is 1. The van der Waals surface area contributed by atoms with Gasteiger partial charge in [0, 0.05) is 36.8 Å². The summed E-state index contributed by atoms with van der Waals surface area (Å²) in [5.74, 6) is 0.0632. The predicted molar refractivity (Wildman–Crippen MR) is 82.7 cm³/mol. The molecule has 0 bridgehead atoms. The van der Waals surface area contributed by atoms with E-state index in [4.69, 9.17) is 9.84 Å². The monoisotopic (exact) mass is 323 g/mol. The summed E-state index contributed by atoms with van der Waals surface area (Å²) in [6.07, 6.45) is 3.44. The fourth-order valence-electron chi connectivity index (χ4n) is 3.78. The van der Waals surface area contributed by atoms with Crippen molar-refractivity contribution in [2.24, 2.45) is 5.41 Å². The van der Waals surface area contributed by atoms with E-state index in [1.807, 2.05) is 17.9 Å². The molecule has 1 saturated heterocycles. The Labute approximate surface area is 135 Å². The van der Waals surface area contributed by atoms with E-state index in [1.54, 1.807) is 10.9 Å². The predicted octanol–water partition coefficient (Wildman–Crippen LogP) is -0.0576. The summed E-state index contributed by atoms with van der Waals surface area (Å²) in [6, 6.07) is 1.88. The Morgan fingerprint density at radius 3 is 2.78 bits per heavy atom. The number of aliphatic hydroxyl groups excluding tert-OH is 2. The van der Waals surface area contributed by atoms with Crippen molar-refractivity contribution in [2.45, 2.75) is 44.9 Å². The smallest absolute Gasteiger partial charge is 0.244 e. The summed E-state index contributed by atoms with van der Waals surface area (Å²) in [6.45, 7) is 3.76. The lowest BCUT2D eigenvalue weighted by Gasteiger charge is -2.56. The number of aliphatic hydroxyl groups is 2. The first-order valence-electron chi connectivity index (χ1n) is 8.23. The molecule has 7 heteroatoms. The normalized spacial score (nSPS) is 26.3. The van der Waals surface area contributed by atoms with E-state index >= 15 is 0 Å². The summed E-state index contributed by atoms with van der Waals surface area (Å²) in [4.78, 5) is 14.3. The Balaban J connectivity index is 1.55. The molecular formula is C16H25N3O4. The second-order valence-electron chi connectivity index (χ2n) is 6.58. The van der Waals surface area contributed by atoms with Crippen LogP contribution in [0, 0.1) is 12.3 Å². The number of carbonyl (C=O) groups is 1. The number of hydrogen-bond donors (Lipinski definition) is 2. The van der Waals surface area contributed by atoms with E-state index in [-0.39, 0.29) is 36.7 Å². The van der Waals surface area contributed by atoms with Gasteiger partial charge in [-0.2, -0.15) is 5.10 Å². The van der Waals surface area contributed by atoms with Crippen molar-refractivity contribution in [1.29, 1.82) is 0 Å². The molecule has 0 unspecified atom stereocenters. The van der Waals surface area contributed by atoms with Crippen molar-refractivity contribution in [1.82, 2.24) is 14.7 Å². The lowest BCUT2D eigenvalue weighted by atomic mass is 9.58. The Morgan fingerprint density at radius 2 is 2.22 bits per heavy atom. The second kappa shape index (κ2) is 6.59. The zero-order valence-electron chi connectivity index (χ0n) is 13.5. The summed E-state index contributed by atoms with van der Waals surface area (Å²) in [7, 11) is 0. The molecule has 2 fully saturated rings. The van der Waals surface area contributed by atoms with E-state index in [0.29, 0.717) is 26.1 Å². The van der Waals surface area contributed by atoms with Gasteiger partial charge >= 0.3 is 0 Å². The quantitative estimate of drug-likeness (QED) is 0.793. The van der Waals surface area contributed by atoms with Crippen LogP contribution in [0.4, 0.5) is 0 Å². The standard InChI is InChI=1S/C16H25N3O4/c1-12-2-5-17-19(12)11-15(22)18-6-3-16(4-7-18)13(21)10-14(16)23-9-8-20/h2,5,13-14,20-21H,3-4,6-11H2,1H3/t13-,14+/m1/s1. The molecule has 1 saturated carbocycles. The van der Waals surface area contributed by atoms with Gasteiger partial charge in [-0.1, -0.05) is 0 Å². The van der Waals surface area contributed by atoms with Crippen molar-refractivity contribution in [2.75, 3.05) is 26.3 Å². The van der Waals surface area contributed by atoms with E-state index < -0.39 is 0 Å². The third-order valence-corrected chi connectivity index (χ3v) is 5.41. The van der Waals surface area contributed by atoms with Gasteiger partial charge in [0.1, 0.15) is 6.54 Å². The highest BCUT2D eigenvalue weighted by molar-refractivity contribution is 5.76. The van der Waals surface area contributed by atoms with Crippen LogP contribution in [-0.4, -0.2) is 69.3 Å². The molecule has 2 aliphatic rings. The van der Waals surface area contributed by atoms with Gasteiger partial charge in [-0.15, -0.1) is 0 Å². The first kappa shape index (κ1) is 16.4. The molecule has 2 N–H and O–H groups in total. The highest BCUT2D eigenvalue weighted by atomic mass is 16.5. The molecular weight excluding hydrogens is 298 g/mol. The molecule has 1 amide bonds. The van der Waals surface area contributed by atoms with Crippen molar-refractivity contribution in [3.63, 3.8) is 0 Å². The van der Waals surface area contributed by atoms with Crippen LogP contribution in [0.15, 0.2) is 12.3 Å². The lowest BCUT2D eigenvalue weighted by Crippen LogP contribution is -2.63. The molecule has 2 heterocycles. The summed E-state index contributed by atoms with van der Waals surface area (Å²) in [5.41, 5.74) is 0.729. The molecule has 7 nitrogen and oxygen atoms in total. The Kier molecular flexibility index (Phi) is 4.70. The van der Waals surface area contributed by atoms with E-state index in [0.717, 1.165) is 18.5 Å². The average molecular weight is 323 g/mol. The van der Waals surface area contributed by atoms with Gasteiger partial charge < -0.3 is 19.8 Å². The van der Waals surface area contributed by atoms with Gasteiger partial charge in [-0.25, -0.2) is 0 Å². The largest absolute Gasteiger partial charge is 0.394 e. The fraction of sp³-hybridized carbons (Fsp3) is 0.750. The van der Waals surface area contributed by atoms with Crippen LogP contribution in [0.2, 0.25) is 0 Å². The van der Waals surface area contributed by atoms with Crippen molar-refractivity contribution < 1.29 is 19.7 Å². The maximum absolute atomic E-state index is 12.4. The molecule has 0 aromatic carbocycles. The van der Waals surface area contributed by atoms with Crippen LogP contribution >= 0.6 is 0 Å². The molecule has 1 aliphatic heterocycles. The summed E-state index contributed by atoms with van der Waals surface area (Å²) in [5, 5.41) is 23.2. The Hall–Kier alpha value is -1.44. The van der Waals surface area contributed by atoms with Gasteiger partial charge in [-0.3, -0.25) is 9.48 Å². The van der Waals surface area contributed by atoms with Crippen LogP contribution in [0.3, 0.4) is 0 Å². The third-order valence-electron chi connectivity index (χ3n) is 5.41. The van der Waals surface area contributed by atoms with Crippen molar-refractivity contribution in [3.05, 3.63) is 18.0 Å². The van der Waals surface area contributed by atoms with E-state index in [9.17, 15) is 9.90 Å². The van der Waals surface area contributed by atoms with Gasteiger partial charge in [0.2, 0.25) is 5.91 Å². The maximum Gasteiger partial charge on any atom is 0.244 e. The number of rotatable bonds is 5. The number of aromatic nitrogens is 2. The topological polar surface area (TPSA) is 87.8 Å². The first-order chi connectivity index (χ1) is 11.1. The SMILES string of the molecule is Cc1ccnn1CC(=O)N1CCC2(CC1)[C@H](O)C[C@@H]2OCCO. The number of hydrogen-bond acceptors (Lipinski definition) is 5. The van der Waals surface area contributed by atoms with Gasteiger partial charge in [0.25, 0.3) is 0 Å². The van der Waals surface area contributed by atoms with Gasteiger partial charge in [0.15, 0.2) is 0 Å². The van der Waals surface area contributed by atoms with Crippen LogP contribution in [0.1, 0.15) is 25.0 Å². The summed E-state index contributed by atoms with van der Waals surface area (Å²) >= 11 is 0. The highest BCUT2D eigenvalue weighted by Gasteiger charge is 2.56. The number of nitrogens with zero attached hydrogens (tertiary/aromatic N) is 3. The second-order valence-corrected chi connectivity index (χ2v) is 6.58. The number of amides is 1. The van der Waals surface area contributed by atoms with Crippen LogP contribution < -0.4 is 0 Å². The van der Waals surface area contributed by atoms with Gasteiger partial charge in [0.05, 0.1) is 25.4 Å². The van der Waals surface area contributed by atoms with Crippen molar-refractivity contribution in [3.8, 4) is 0 Å². The number of aryl methyl sites for hydroxylation is 1. The minimum atomic E-state index is -0.364. The van der Waals surface area contributed by atoms with E-state index in [2.05, 4.69) is 5.10 Å². The van der Waals surface area contributed by atoms with Crippen molar-refractivity contribution >= 4 is 5.91 Å². The first-order valence-corrected chi connectivity index (χ1v) is 8.23. The molecule has 23 heavy (non-hydrogen) atoms. The Bertz CT molecular complexity index is 551.